The van der Waals surface area contributed by atoms with Crippen LogP contribution in [0.3, 0.4) is 0 Å². The van der Waals surface area contributed by atoms with Gasteiger partial charge >= 0.3 is 0 Å². The fourth-order valence-electron chi connectivity index (χ4n) is 3.34. The van der Waals surface area contributed by atoms with Gasteiger partial charge in [-0.05, 0) is 37.0 Å². The van der Waals surface area contributed by atoms with Crippen molar-refractivity contribution in [2.75, 3.05) is 24.6 Å². The van der Waals surface area contributed by atoms with Crippen LogP contribution >= 0.6 is 11.6 Å². The third-order valence-corrected chi connectivity index (χ3v) is 4.71. The number of fused-ring (bicyclic) bond motifs is 1. The Morgan fingerprint density at radius 2 is 2.00 bits per heavy atom. The summed E-state index contributed by atoms with van der Waals surface area (Å²) >= 11 is 5.97. The molecule has 0 bridgehead atoms. The molecule has 1 fully saturated rings. The lowest BCUT2D eigenvalue weighted by Crippen LogP contribution is -2.39. The Morgan fingerprint density at radius 3 is 2.86 bits per heavy atom. The van der Waals surface area contributed by atoms with E-state index in [0.29, 0.717) is 6.61 Å². The first kappa shape index (κ1) is 14.0. The lowest BCUT2D eigenvalue weighted by molar-refractivity contribution is 0.0394. The van der Waals surface area contributed by atoms with Gasteiger partial charge in [0, 0.05) is 29.4 Å². The summed E-state index contributed by atoms with van der Waals surface area (Å²) in [6.07, 6.45) is 5.13. The molecule has 1 atom stereocenters. The standard InChI is InChI=1S/C17H18ClN3O/c18-13-6-4-12(5-7-13)16-10-21(8-9-22-16)17-14-2-1-3-15(14)19-11-20-17/h4-7,11,16H,1-3,8-10H2/t16-/m0/s1. The van der Waals surface area contributed by atoms with Crippen LogP contribution in [0.4, 0.5) is 5.82 Å². The second-order valence-electron chi connectivity index (χ2n) is 5.83. The largest absolute Gasteiger partial charge is 0.370 e. The van der Waals surface area contributed by atoms with Crippen LogP contribution in [0.5, 0.6) is 0 Å². The van der Waals surface area contributed by atoms with Crippen LogP contribution in [0.2, 0.25) is 5.02 Å². The summed E-state index contributed by atoms with van der Waals surface area (Å²) < 4.78 is 5.95. The number of halogens is 1. The van der Waals surface area contributed by atoms with Gasteiger partial charge in [0.05, 0.1) is 6.61 Å². The summed E-state index contributed by atoms with van der Waals surface area (Å²) in [6, 6.07) is 7.92. The Hall–Kier alpha value is -1.65. The highest BCUT2D eigenvalue weighted by Crippen LogP contribution is 2.31. The Morgan fingerprint density at radius 1 is 1.14 bits per heavy atom. The molecule has 114 valence electrons. The van der Waals surface area contributed by atoms with E-state index in [9.17, 15) is 0 Å². The first-order valence-corrected chi connectivity index (χ1v) is 8.14. The molecule has 1 aliphatic heterocycles. The smallest absolute Gasteiger partial charge is 0.135 e. The van der Waals surface area contributed by atoms with Gasteiger partial charge in [0.25, 0.3) is 0 Å². The van der Waals surface area contributed by atoms with Crippen molar-refractivity contribution < 1.29 is 4.74 Å². The summed E-state index contributed by atoms with van der Waals surface area (Å²) in [5, 5.41) is 0.755. The predicted molar refractivity (Wildman–Crippen MR) is 86.4 cm³/mol. The molecule has 0 saturated carbocycles. The maximum Gasteiger partial charge on any atom is 0.135 e. The number of benzene rings is 1. The minimum atomic E-state index is 0.0676. The van der Waals surface area contributed by atoms with Crippen LogP contribution in [0.1, 0.15) is 29.3 Å². The topological polar surface area (TPSA) is 38.2 Å². The van der Waals surface area contributed by atoms with Crippen LogP contribution in [0, 0.1) is 0 Å². The molecule has 0 unspecified atom stereocenters. The van der Waals surface area contributed by atoms with E-state index in [1.807, 2.05) is 24.3 Å². The highest BCUT2D eigenvalue weighted by atomic mass is 35.5. The normalized spacial score (nSPS) is 21.0. The van der Waals surface area contributed by atoms with Crippen molar-refractivity contribution in [2.24, 2.45) is 0 Å². The van der Waals surface area contributed by atoms with Crippen molar-refractivity contribution in [1.82, 2.24) is 9.97 Å². The molecule has 1 saturated heterocycles. The molecular formula is C17H18ClN3O. The highest BCUT2D eigenvalue weighted by Gasteiger charge is 2.27. The van der Waals surface area contributed by atoms with Crippen molar-refractivity contribution in [3.8, 4) is 0 Å². The molecule has 0 spiro atoms. The first-order valence-electron chi connectivity index (χ1n) is 7.76. The molecule has 1 aliphatic carbocycles. The second-order valence-corrected chi connectivity index (χ2v) is 6.27. The molecule has 2 aromatic rings. The van der Waals surface area contributed by atoms with Crippen molar-refractivity contribution in [2.45, 2.75) is 25.4 Å². The molecule has 5 heteroatoms. The van der Waals surface area contributed by atoms with E-state index >= 15 is 0 Å². The van der Waals surface area contributed by atoms with Crippen molar-refractivity contribution in [1.29, 1.82) is 0 Å². The third kappa shape index (κ3) is 2.57. The number of hydrogen-bond donors (Lipinski definition) is 0. The fraction of sp³-hybridized carbons (Fsp3) is 0.412. The van der Waals surface area contributed by atoms with Crippen LogP contribution in [-0.4, -0.2) is 29.7 Å². The van der Waals surface area contributed by atoms with Gasteiger partial charge < -0.3 is 9.64 Å². The lowest BCUT2D eigenvalue weighted by Gasteiger charge is -2.34. The van der Waals surface area contributed by atoms with E-state index in [2.05, 4.69) is 14.9 Å². The van der Waals surface area contributed by atoms with Crippen LogP contribution in [0.25, 0.3) is 0 Å². The van der Waals surface area contributed by atoms with E-state index in [1.165, 1.54) is 23.2 Å². The maximum absolute atomic E-state index is 5.97. The number of nitrogens with zero attached hydrogens (tertiary/aromatic N) is 3. The van der Waals surface area contributed by atoms with Crippen LogP contribution in [-0.2, 0) is 17.6 Å². The molecule has 1 aromatic heterocycles. The van der Waals surface area contributed by atoms with Gasteiger partial charge in [-0.2, -0.15) is 0 Å². The summed E-state index contributed by atoms with van der Waals surface area (Å²) in [7, 11) is 0. The Bertz CT molecular complexity index is 674. The van der Waals surface area contributed by atoms with Crippen molar-refractivity contribution >= 4 is 17.4 Å². The number of ether oxygens (including phenoxy) is 1. The molecule has 4 rings (SSSR count). The Balaban J connectivity index is 1.59. The molecule has 0 amide bonds. The Kier molecular flexibility index (Phi) is 3.72. The molecule has 2 heterocycles. The lowest BCUT2D eigenvalue weighted by atomic mass is 10.1. The van der Waals surface area contributed by atoms with E-state index < -0.39 is 0 Å². The van der Waals surface area contributed by atoms with Gasteiger partial charge in [0.2, 0.25) is 0 Å². The third-order valence-electron chi connectivity index (χ3n) is 4.46. The van der Waals surface area contributed by atoms with E-state index in [-0.39, 0.29) is 6.10 Å². The average molecular weight is 316 g/mol. The number of morpholine rings is 1. The van der Waals surface area contributed by atoms with E-state index in [1.54, 1.807) is 6.33 Å². The molecule has 0 N–H and O–H groups in total. The van der Waals surface area contributed by atoms with Crippen LogP contribution in [0.15, 0.2) is 30.6 Å². The minimum Gasteiger partial charge on any atom is -0.370 e. The summed E-state index contributed by atoms with van der Waals surface area (Å²) in [6.45, 7) is 2.42. The predicted octanol–water partition coefficient (Wildman–Crippen LogP) is 3.20. The molecule has 0 radical (unpaired) electrons. The number of aryl methyl sites for hydroxylation is 1. The number of hydrogen-bond acceptors (Lipinski definition) is 4. The van der Waals surface area contributed by atoms with E-state index in [4.69, 9.17) is 16.3 Å². The SMILES string of the molecule is Clc1ccc([C@@H]2CN(c3ncnc4c3CCC4)CCO2)cc1. The number of anilines is 1. The van der Waals surface area contributed by atoms with Gasteiger partial charge in [0.15, 0.2) is 0 Å². The molecular weight excluding hydrogens is 298 g/mol. The Labute approximate surface area is 135 Å². The summed E-state index contributed by atoms with van der Waals surface area (Å²) in [5.74, 6) is 1.10. The summed E-state index contributed by atoms with van der Waals surface area (Å²) in [5.41, 5.74) is 3.72. The minimum absolute atomic E-state index is 0.0676. The zero-order valence-electron chi connectivity index (χ0n) is 12.3. The van der Waals surface area contributed by atoms with Crippen molar-refractivity contribution in [3.63, 3.8) is 0 Å². The molecule has 1 aromatic carbocycles. The molecule has 4 nitrogen and oxygen atoms in total. The summed E-state index contributed by atoms with van der Waals surface area (Å²) in [4.78, 5) is 11.3. The van der Waals surface area contributed by atoms with E-state index in [0.717, 1.165) is 36.8 Å². The highest BCUT2D eigenvalue weighted by molar-refractivity contribution is 6.30. The van der Waals surface area contributed by atoms with Gasteiger partial charge in [-0.3, -0.25) is 0 Å². The quantitative estimate of drug-likeness (QED) is 0.853. The molecule has 2 aliphatic rings. The van der Waals surface area contributed by atoms with Gasteiger partial charge in [-0.1, -0.05) is 23.7 Å². The fourth-order valence-corrected chi connectivity index (χ4v) is 3.46. The number of aromatic nitrogens is 2. The zero-order valence-corrected chi connectivity index (χ0v) is 13.1. The van der Waals surface area contributed by atoms with Gasteiger partial charge in [-0.15, -0.1) is 0 Å². The second kappa shape index (κ2) is 5.86. The monoisotopic (exact) mass is 315 g/mol. The average Bonchev–Trinajstić information content (AvgIpc) is 3.04. The van der Waals surface area contributed by atoms with Gasteiger partial charge in [-0.25, -0.2) is 9.97 Å². The zero-order chi connectivity index (χ0) is 14.9. The van der Waals surface area contributed by atoms with Crippen molar-refractivity contribution in [3.05, 3.63) is 52.4 Å². The first-order chi connectivity index (χ1) is 10.8. The van der Waals surface area contributed by atoms with Gasteiger partial charge in [0.1, 0.15) is 18.2 Å². The molecule has 22 heavy (non-hydrogen) atoms. The maximum atomic E-state index is 5.97. The number of rotatable bonds is 2. The van der Waals surface area contributed by atoms with Crippen LogP contribution < -0.4 is 4.90 Å².